The summed E-state index contributed by atoms with van der Waals surface area (Å²) >= 11 is 0. The molecule has 0 radical (unpaired) electrons. The number of aliphatic hydroxyl groups excluding tert-OH is 1. The topological polar surface area (TPSA) is 55.5 Å². The molecule has 3 nitrogen and oxygen atoms in total. The molecule has 72 valence electrons. The molecule has 0 saturated carbocycles. The van der Waals surface area contributed by atoms with Crippen molar-refractivity contribution in [2.75, 3.05) is 19.8 Å². The molecule has 0 aromatic rings. The smallest absolute Gasteiger partial charge is 0.0509 e. The number of rotatable bonds is 4. The van der Waals surface area contributed by atoms with Crippen LogP contribution < -0.4 is 5.73 Å². The van der Waals surface area contributed by atoms with Crippen LogP contribution in [-0.2, 0) is 4.74 Å². The summed E-state index contributed by atoms with van der Waals surface area (Å²) in [5, 5.41) is 8.63. The molecule has 12 heavy (non-hydrogen) atoms. The molecule has 3 N–H and O–H groups in total. The van der Waals surface area contributed by atoms with Crippen molar-refractivity contribution >= 4 is 0 Å². The van der Waals surface area contributed by atoms with E-state index in [1.165, 1.54) is 6.42 Å². The van der Waals surface area contributed by atoms with Gasteiger partial charge in [-0.3, -0.25) is 0 Å². The minimum Gasteiger partial charge on any atom is -0.396 e. The second kappa shape index (κ2) is 5.51. The van der Waals surface area contributed by atoms with E-state index in [4.69, 9.17) is 15.6 Å². The van der Waals surface area contributed by atoms with Crippen LogP contribution in [0.15, 0.2) is 0 Å². The first kappa shape index (κ1) is 9.96. The Hall–Kier alpha value is -0.120. The van der Waals surface area contributed by atoms with Gasteiger partial charge in [0.1, 0.15) is 0 Å². The van der Waals surface area contributed by atoms with E-state index in [1.54, 1.807) is 0 Å². The van der Waals surface area contributed by atoms with Gasteiger partial charge in [0.25, 0.3) is 0 Å². The van der Waals surface area contributed by atoms with Crippen molar-refractivity contribution < 1.29 is 9.84 Å². The van der Waals surface area contributed by atoms with Gasteiger partial charge in [-0.2, -0.15) is 0 Å². The Kier molecular flexibility index (Phi) is 4.58. The van der Waals surface area contributed by atoms with E-state index in [0.717, 1.165) is 32.5 Å². The van der Waals surface area contributed by atoms with E-state index in [2.05, 4.69) is 0 Å². The zero-order valence-electron chi connectivity index (χ0n) is 7.54. The van der Waals surface area contributed by atoms with Crippen molar-refractivity contribution in [1.29, 1.82) is 0 Å². The molecule has 2 atom stereocenters. The van der Waals surface area contributed by atoms with Crippen LogP contribution in [0.4, 0.5) is 0 Å². The number of aliphatic hydroxyl groups is 1. The summed E-state index contributed by atoms with van der Waals surface area (Å²) in [5.41, 5.74) is 5.94. The zero-order valence-corrected chi connectivity index (χ0v) is 7.54. The summed E-state index contributed by atoms with van der Waals surface area (Å²) in [6.45, 7) is 1.96. The van der Waals surface area contributed by atoms with Gasteiger partial charge in [0.15, 0.2) is 0 Å². The number of nitrogens with two attached hydrogens (primary N) is 1. The van der Waals surface area contributed by atoms with Crippen molar-refractivity contribution in [3.05, 3.63) is 0 Å². The predicted octanol–water partition coefficient (Wildman–Crippen LogP) is 0.513. The summed E-state index contributed by atoms with van der Waals surface area (Å²) in [4.78, 5) is 0. The van der Waals surface area contributed by atoms with Gasteiger partial charge in [-0.05, 0) is 31.6 Å². The fourth-order valence-corrected chi connectivity index (χ4v) is 1.67. The van der Waals surface area contributed by atoms with Gasteiger partial charge in [-0.1, -0.05) is 0 Å². The monoisotopic (exact) mass is 173 g/mol. The lowest BCUT2D eigenvalue weighted by Crippen LogP contribution is -2.35. The van der Waals surface area contributed by atoms with Crippen LogP contribution in [0, 0.1) is 5.92 Å². The van der Waals surface area contributed by atoms with E-state index in [1.807, 2.05) is 0 Å². The van der Waals surface area contributed by atoms with Crippen LogP contribution in [0.2, 0.25) is 0 Å². The van der Waals surface area contributed by atoms with Crippen molar-refractivity contribution in [1.82, 2.24) is 0 Å². The highest BCUT2D eigenvalue weighted by atomic mass is 16.5. The summed E-state index contributed by atoms with van der Waals surface area (Å²) < 4.78 is 5.34. The molecule has 0 amide bonds. The number of ether oxygens (including phenoxy) is 1. The Morgan fingerprint density at radius 2 is 2.42 bits per heavy atom. The van der Waals surface area contributed by atoms with Gasteiger partial charge in [0, 0.05) is 19.3 Å². The maximum atomic E-state index is 8.63. The van der Waals surface area contributed by atoms with E-state index in [-0.39, 0.29) is 12.6 Å². The van der Waals surface area contributed by atoms with Crippen LogP contribution in [0.5, 0.6) is 0 Å². The molecular formula is C9H19NO2. The minimum atomic E-state index is 0.220. The zero-order chi connectivity index (χ0) is 8.81. The fraction of sp³-hybridized carbons (Fsp3) is 1.00. The fourth-order valence-electron chi connectivity index (χ4n) is 1.67. The Balaban J connectivity index is 2.15. The molecule has 1 aliphatic rings. The molecule has 0 bridgehead atoms. The first-order valence-corrected chi connectivity index (χ1v) is 4.78. The second-order valence-electron chi connectivity index (χ2n) is 3.51. The second-order valence-corrected chi connectivity index (χ2v) is 3.51. The predicted molar refractivity (Wildman–Crippen MR) is 47.8 cm³/mol. The molecule has 2 unspecified atom stereocenters. The lowest BCUT2D eigenvalue weighted by Gasteiger charge is -2.27. The van der Waals surface area contributed by atoms with Crippen LogP contribution >= 0.6 is 0 Å². The summed E-state index contributed by atoms with van der Waals surface area (Å²) in [7, 11) is 0. The van der Waals surface area contributed by atoms with Crippen molar-refractivity contribution in [2.24, 2.45) is 11.7 Å². The quantitative estimate of drug-likeness (QED) is 0.651. The van der Waals surface area contributed by atoms with Gasteiger partial charge in [-0.15, -0.1) is 0 Å². The van der Waals surface area contributed by atoms with E-state index >= 15 is 0 Å². The summed E-state index contributed by atoms with van der Waals surface area (Å²) in [5.74, 6) is 0.519. The standard InChI is InChI=1S/C9H19NO2/c10-9(4-1-5-11)8-3-2-6-12-7-8/h8-9,11H,1-7,10H2. The van der Waals surface area contributed by atoms with E-state index < -0.39 is 0 Å². The molecule has 1 saturated heterocycles. The molecule has 0 spiro atoms. The Morgan fingerprint density at radius 3 is 3.00 bits per heavy atom. The average molecular weight is 173 g/mol. The highest BCUT2D eigenvalue weighted by molar-refractivity contribution is 4.74. The lowest BCUT2D eigenvalue weighted by atomic mass is 9.91. The lowest BCUT2D eigenvalue weighted by molar-refractivity contribution is 0.0429. The van der Waals surface area contributed by atoms with Gasteiger partial charge < -0.3 is 15.6 Å². The number of hydrogen-bond acceptors (Lipinski definition) is 3. The van der Waals surface area contributed by atoms with E-state index in [9.17, 15) is 0 Å². The van der Waals surface area contributed by atoms with Gasteiger partial charge in [0.2, 0.25) is 0 Å². The maximum Gasteiger partial charge on any atom is 0.0509 e. The van der Waals surface area contributed by atoms with Crippen molar-refractivity contribution in [3.8, 4) is 0 Å². The largest absolute Gasteiger partial charge is 0.396 e. The third-order valence-electron chi connectivity index (χ3n) is 2.50. The summed E-state index contributed by atoms with van der Waals surface area (Å²) in [6, 6.07) is 0.220. The van der Waals surface area contributed by atoms with Crippen molar-refractivity contribution in [3.63, 3.8) is 0 Å². The molecular weight excluding hydrogens is 154 g/mol. The summed E-state index contributed by atoms with van der Waals surface area (Å²) in [6.07, 6.45) is 4.06. The van der Waals surface area contributed by atoms with Gasteiger partial charge in [0.05, 0.1) is 6.61 Å². The first-order chi connectivity index (χ1) is 5.84. The normalized spacial score (nSPS) is 27.0. The molecule has 1 rings (SSSR count). The average Bonchev–Trinajstić information content (AvgIpc) is 2.15. The van der Waals surface area contributed by atoms with Gasteiger partial charge >= 0.3 is 0 Å². The molecule has 1 aliphatic heterocycles. The molecule has 3 heteroatoms. The maximum absolute atomic E-state index is 8.63. The third kappa shape index (κ3) is 3.09. The van der Waals surface area contributed by atoms with E-state index in [0.29, 0.717) is 5.92 Å². The van der Waals surface area contributed by atoms with Gasteiger partial charge in [-0.25, -0.2) is 0 Å². The number of hydrogen-bond donors (Lipinski definition) is 2. The van der Waals surface area contributed by atoms with Crippen molar-refractivity contribution in [2.45, 2.75) is 31.7 Å². The minimum absolute atomic E-state index is 0.220. The molecule has 1 fully saturated rings. The van der Waals surface area contributed by atoms with Crippen LogP contribution in [0.3, 0.4) is 0 Å². The highest BCUT2D eigenvalue weighted by Crippen LogP contribution is 2.18. The molecule has 1 heterocycles. The van der Waals surface area contributed by atoms with Crippen LogP contribution in [0.1, 0.15) is 25.7 Å². The highest BCUT2D eigenvalue weighted by Gasteiger charge is 2.20. The van der Waals surface area contributed by atoms with Crippen LogP contribution in [-0.4, -0.2) is 31.0 Å². The first-order valence-electron chi connectivity index (χ1n) is 4.78. The molecule has 0 aromatic carbocycles. The van der Waals surface area contributed by atoms with Crippen LogP contribution in [0.25, 0.3) is 0 Å². The Morgan fingerprint density at radius 1 is 1.58 bits per heavy atom. The third-order valence-corrected chi connectivity index (χ3v) is 2.50. The molecule has 0 aromatic heterocycles. The Bertz CT molecular complexity index is 113. The SMILES string of the molecule is NC(CCCO)C1CCCOC1. The molecule has 0 aliphatic carbocycles. The Labute approximate surface area is 73.9 Å².